The van der Waals surface area contributed by atoms with E-state index in [2.05, 4.69) is 11.7 Å². The number of methoxy groups -OCH3 is 1. The summed E-state index contributed by atoms with van der Waals surface area (Å²) in [4.78, 5) is 10.9. The maximum atomic E-state index is 10.9. The van der Waals surface area contributed by atoms with Crippen LogP contribution in [0.1, 0.15) is 58.3 Å². The predicted molar refractivity (Wildman–Crippen MR) is 73.9 cm³/mol. The van der Waals surface area contributed by atoms with Crippen LogP contribution in [0.15, 0.2) is 0 Å². The summed E-state index contributed by atoms with van der Waals surface area (Å²) in [6, 6.07) is 0. The fraction of sp³-hybridized carbons (Fsp3) is 0.923. The van der Waals surface area contributed by atoms with E-state index in [-0.39, 0.29) is 16.7 Å². The van der Waals surface area contributed by atoms with Crippen molar-refractivity contribution in [3.8, 4) is 0 Å². The molecule has 2 atom stereocenters. The highest BCUT2D eigenvalue weighted by Crippen LogP contribution is 2.20. The zero-order valence-corrected chi connectivity index (χ0v) is 12.4. The van der Waals surface area contributed by atoms with Gasteiger partial charge in [0, 0.05) is 17.2 Å². The van der Waals surface area contributed by atoms with Crippen LogP contribution in [-0.2, 0) is 9.53 Å². The van der Waals surface area contributed by atoms with Gasteiger partial charge in [0.05, 0.1) is 7.11 Å². The second-order valence-electron chi connectivity index (χ2n) is 4.39. The molecule has 0 aliphatic rings. The number of halogens is 2. The molecule has 17 heavy (non-hydrogen) atoms. The number of ether oxygens (including phenoxy) is 1. The molecule has 0 heterocycles. The number of carbonyl (C=O) groups is 1. The van der Waals surface area contributed by atoms with Crippen molar-refractivity contribution in [3.63, 3.8) is 0 Å². The Kier molecular flexibility index (Phi) is 11.2. The average Bonchev–Trinajstić information content (AvgIpc) is 2.29. The molecule has 102 valence electrons. The Morgan fingerprint density at radius 1 is 1.12 bits per heavy atom. The fourth-order valence-electron chi connectivity index (χ4n) is 1.70. The van der Waals surface area contributed by atoms with E-state index >= 15 is 0 Å². The Balaban J connectivity index is 3.49. The summed E-state index contributed by atoms with van der Waals surface area (Å²) in [5.74, 6) is -0.167. The molecule has 0 saturated heterocycles. The van der Waals surface area contributed by atoms with Crippen LogP contribution >= 0.6 is 23.2 Å². The van der Waals surface area contributed by atoms with Crippen molar-refractivity contribution in [3.05, 3.63) is 0 Å². The number of hydrogen-bond donors (Lipinski definition) is 0. The third kappa shape index (κ3) is 10.9. The number of esters is 1. The molecule has 0 aromatic rings. The van der Waals surface area contributed by atoms with Gasteiger partial charge in [-0.15, -0.1) is 23.2 Å². The monoisotopic (exact) mass is 282 g/mol. The minimum absolute atomic E-state index is 0.0729. The second-order valence-corrected chi connectivity index (χ2v) is 5.63. The van der Waals surface area contributed by atoms with Crippen molar-refractivity contribution in [2.75, 3.05) is 7.11 Å². The first-order valence-corrected chi connectivity index (χ1v) is 7.32. The molecule has 2 unspecified atom stereocenters. The van der Waals surface area contributed by atoms with E-state index < -0.39 is 0 Å². The van der Waals surface area contributed by atoms with Crippen molar-refractivity contribution in [2.45, 2.75) is 69.0 Å². The summed E-state index contributed by atoms with van der Waals surface area (Å²) in [6.45, 7) is 2.18. The largest absolute Gasteiger partial charge is 0.469 e. The van der Waals surface area contributed by atoms with Crippen LogP contribution < -0.4 is 0 Å². The van der Waals surface area contributed by atoms with Crippen molar-refractivity contribution in [1.82, 2.24) is 0 Å². The summed E-state index contributed by atoms with van der Waals surface area (Å²) < 4.78 is 4.57. The summed E-state index contributed by atoms with van der Waals surface area (Å²) in [6.07, 6.45) is 7.54. The summed E-state index contributed by atoms with van der Waals surface area (Å²) in [7, 11) is 1.41. The Morgan fingerprint density at radius 2 is 1.71 bits per heavy atom. The van der Waals surface area contributed by atoms with Gasteiger partial charge in [-0.05, 0) is 25.7 Å². The average molecular weight is 283 g/mol. The number of hydrogen-bond acceptors (Lipinski definition) is 2. The zero-order chi connectivity index (χ0) is 13.1. The molecule has 0 spiro atoms. The lowest BCUT2D eigenvalue weighted by Gasteiger charge is -2.13. The van der Waals surface area contributed by atoms with Crippen LogP contribution in [-0.4, -0.2) is 23.8 Å². The maximum Gasteiger partial charge on any atom is 0.305 e. The molecule has 0 rings (SSSR count). The Morgan fingerprint density at radius 3 is 2.24 bits per heavy atom. The van der Waals surface area contributed by atoms with Crippen molar-refractivity contribution in [2.24, 2.45) is 0 Å². The standard InChI is InChI=1S/C13H24Cl2O2/c1-3-4-5-7-11(14)10-12(15)8-6-9-13(16)17-2/h11-12H,3-10H2,1-2H3. The zero-order valence-electron chi connectivity index (χ0n) is 10.9. The molecule has 0 aromatic heterocycles. The first kappa shape index (κ1) is 17.1. The first-order valence-electron chi connectivity index (χ1n) is 6.45. The smallest absolute Gasteiger partial charge is 0.305 e. The van der Waals surface area contributed by atoms with Crippen LogP contribution in [0.4, 0.5) is 0 Å². The Labute approximate surface area is 115 Å². The highest BCUT2D eigenvalue weighted by Gasteiger charge is 2.12. The maximum absolute atomic E-state index is 10.9. The van der Waals surface area contributed by atoms with Crippen LogP contribution in [0.2, 0.25) is 0 Å². The molecule has 0 aliphatic carbocycles. The van der Waals surface area contributed by atoms with Gasteiger partial charge in [0.15, 0.2) is 0 Å². The molecule has 0 aliphatic heterocycles. The van der Waals surface area contributed by atoms with E-state index in [0.29, 0.717) is 6.42 Å². The van der Waals surface area contributed by atoms with Gasteiger partial charge in [-0.25, -0.2) is 0 Å². The van der Waals surface area contributed by atoms with E-state index in [1.165, 1.54) is 26.4 Å². The Hall–Kier alpha value is 0.0500. The second kappa shape index (κ2) is 11.2. The minimum Gasteiger partial charge on any atom is -0.469 e. The van der Waals surface area contributed by atoms with Gasteiger partial charge < -0.3 is 4.74 Å². The molecule has 0 saturated carbocycles. The van der Waals surface area contributed by atoms with E-state index in [9.17, 15) is 4.79 Å². The molecule has 0 fully saturated rings. The molecular weight excluding hydrogens is 259 g/mol. The van der Waals surface area contributed by atoms with Gasteiger partial charge in [0.25, 0.3) is 0 Å². The molecule has 0 amide bonds. The number of rotatable bonds is 10. The lowest BCUT2D eigenvalue weighted by molar-refractivity contribution is -0.140. The topological polar surface area (TPSA) is 26.3 Å². The fourth-order valence-corrected chi connectivity index (χ4v) is 2.53. The third-order valence-corrected chi connectivity index (χ3v) is 3.55. The van der Waals surface area contributed by atoms with Crippen molar-refractivity contribution >= 4 is 29.2 Å². The Bertz CT molecular complexity index is 198. The lowest BCUT2D eigenvalue weighted by Crippen LogP contribution is -2.10. The summed E-state index contributed by atoms with van der Waals surface area (Å²) in [5.41, 5.74) is 0. The molecule has 0 N–H and O–H groups in total. The highest BCUT2D eigenvalue weighted by molar-refractivity contribution is 6.23. The van der Waals surface area contributed by atoms with Crippen LogP contribution in [0.5, 0.6) is 0 Å². The van der Waals surface area contributed by atoms with Gasteiger partial charge in [0.1, 0.15) is 0 Å². The van der Waals surface area contributed by atoms with Crippen molar-refractivity contribution < 1.29 is 9.53 Å². The van der Waals surface area contributed by atoms with Gasteiger partial charge in [-0.3, -0.25) is 4.79 Å². The number of carbonyl (C=O) groups excluding carboxylic acids is 1. The van der Waals surface area contributed by atoms with E-state index in [0.717, 1.165) is 25.7 Å². The van der Waals surface area contributed by atoms with Gasteiger partial charge >= 0.3 is 5.97 Å². The number of unbranched alkanes of at least 4 members (excludes halogenated alkanes) is 2. The first-order chi connectivity index (χ1) is 8.10. The van der Waals surface area contributed by atoms with Crippen molar-refractivity contribution in [1.29, 1.82) is 0 Å². The third-order valence-electron chi connectivity index (χ3n) is 2.76. The molecule has 0 bridgehead atoms. The van der Waals surface area contributed by atoms with E-state index in [1.54, 1.807) is 0 Å². The normalized spacial score (nSPS) is 14.4. The molecule has 2 nitrogen and oxygen atoms in total. The van der Waals surface area contributed by atoms with Crippen LogP contribution in [0.25, 0.3) is 0 Å². The molecule has 0 aromatic carbocycles. The quantitative estimate of drug-likeness (QED) is 0.335. The minimum atomic E-state index is -0.167. The lowest BCUT2D eigenvalue weighted by atomic mass is 10.1. The highest BCUT2D eigenvalue weighted by atomic mass is 35.5. The SMILES string of the molecule is CCCCCC(Cl)CC(Cl)CCCC(=O)OC. The van der Waals surface area contributed by atoms with Gasteiger partial charge in [0.2, 0.25) is 0 Å². The molecule has 4 heteroatoms. The molecule has 0 radical (unpaired) electrons. The van der Waals surface area contributed by atoms with Crippen LogP contribution in [0, 0.1) is 0 Å². The summed E-state index contributed by atoms with van der Waals surface area (Å²) >= 11 is 12.4. The van der Waals surface area contributed by atoms with E-state index in [4.69, 9.17) is 23.2 Å². The van der Waals surface area contributed by atoms with Gasteiger partial charge in [-0.1, -0.05) is 26.2 Å². The molecular formula is C13H24Cl2O2. The predicted octanol–water partition coefficient (Wildman–Crippen LogP) is 4.51. The van der Waals surface area contributed by atoms with E-state index in [1.807, 2.05) is 0 Å². The number of alkyl halides is 2. The van der Waals surface area contributed by atoms with Gasteiger partial charge in [-0.2, -0.15) is 0 Å². The summed E-state index contributed by atoms with van der Waals surface area (Å²) in [5, 5.41) is 0.242. The van der Waals surface area contributed by atoms with Crippen LogP contribution in [0.3, 0.4) is 0 Å².